The lowest BCUT2D eigenvalue weighted by Gasteiger charge is -2.35. The highest BCUT2D eigenvalue weighted by Gasteiger charge is 2.28. The molecule has 1 saturated heterocycles. The molecule has 1 amide bonds. The molecule has 1 heterocycles. The Labute approximate surface area is 112 Å². The van der Waals surface area contributed by atoms with Crippen LogP contribution >= 0.6 is 12.4 Å². The Morgan fingerprint density at radius 3 is 2.29 bits per heavy atom. The van der Waals surface area contributed by atoms with Gasteiger partial charge in [-0.15, -0.1) is 12.4 Å². The fraction of sp³-hybridized carbons (Fsp3) is 0.923. The molecule has 0 aromatic rings. The van der Waals surface area contributed by atoms with E-state index in [2.05, 4.69) is 38.3 Å². The molecule has 0 radical (unpaired) electrons. The molecule has 2 N–H and O–H groups in total. The lowest BCUT2D eigenvalue weighted by atomic mass is 9.88. The van der Waals surface area contributed by atoms with Crippen molar-refractivity contribution >= 4 is 18.3 Å². The summed E-state index contributed by atoms with van der Waals surface area (Å²) in [7, 11) is 0. The van der Waals surface area contributed by atoms with Gasteiger partial charge < -0.3 is 10.6 Å². The molecule has 0 atom stereocenters. The first-order valence-electron chi connectivity index (χ1n) is 6.33. The zero-order valence-electron chi connectivity index (χ0n) is 11.6. The van der Waals surface area contributed by atoms with E-state index < -0.39 is 0 Å². The number of rotatable bonds is 3. The van der Waals surface area contributed by atoms with Crippen LogP contribution in [0.5, 0.6) is 0 Å². The van der Waals surface area contributed by atoms with Crippen molar-refractivity contribution in [2.24, 2.45) is 5.41 Å². The molecule has 0 aromatic heterocycles. The van der Waals surface area contributed by atoms with E-state index in [-0.39, 0.29) is 29.3 Å². The number of hydrogen-bond acceptors (Lipinski definition) is 2. The van der Waals surface area contributed by atoms with Gasteiger partial charge >= 0.3 is 0 Å². The van der Waals surface area contributed by atoms with E-state index in [9.17, 15) is 4.79 Å². The Bertz CT molecular complexity index is 242. The van der Waals surface area contributed by atoms with Crippen LogP contribution in [-0.2, 0) is 4.79 Å². The fourth-order valence-corrected chi connectivity index (χ4v) is 1.99. The summed E-state index contributed by atoms with van der Waals surface area (Å²) in [6, 6.07) is 0. The predicted octanol–water partition coefficient (Wildman–Crippen LogP) is 2.49. The Morgan fingerprint density at radius 1 is 1.29 bits per heavy atom. The highest BCUT2D eigenvalue weighted by Crippen LogP contribution is 2.22. The molecule has 0 spiro atoms. The first-order chi connectivity index (χ1) is 7.31. The summed E-state index contributed by atoms with van der Waals surface area (Å²) >= 11 is 0. The Balaban J connectivity index is 0.00000256. The molecule has 1 aliphatic rings. The van der Waals surface area contributed by atoms with Crippen molar-refractivity contribution in [2.75, 3.05) is 13.1 Å². The Morgan fingerprint density at radius 2 is 1.82 bits per heavy atom. The molecule has 1 aliphatic heterocycles. The average Bonchev–Trinajstić information content (AvgIpc) is 2.14. The molecule has 4 heteroatoms. The maximum Gasteiger partial charge on any atom is 0.220 e. The average molecular weight is 263 g/mol. The van der Waals surface area contributed by atoms with Crippen molar-refractivity contribution in [1.29, 1.82) is 0 Å². The molecule has 3 nitrogen and oxygen atoms in total. The quantitative estimate of drug-likeness (QED) is 0.821. The van der Waals surface area contributed by atoms with Gasteiger partial charge in [0.15, 0.2) is 0 Å². The molecule has 0 bridgehead atoms. The first kappa shape index (κ1) is 16.7. The van der Waals surface area contributed by atoms with E-state index in [1.54, 1.807) is 0 Å². The van der Waals surface area contributed by atoms with Crippen LogP contribution in [0.15, 0.2) is 0 Å². The van der Waals surface area contributed by atoms with Crippen LogP contribution in [-0.4, -0.2) is 24.5 Å². The van der Waals surface area contributed by atoms with E-state index in [4.69, 9.17) is 0 Å². The van der Waals surface area contributed by atoms with Crippen LogP contribution in [0.1, 0.15) is 53.4 Å². The summed E-state index contributed by atoms with van der Waals surface area (Å²) < 4.78 is 0. The molecular weight excluding hydrogens is 236 g/mol. The number of halogens is 1. The van der Waals surface area contributed by atoms with Crippen LogP contribution < -0.4 is 10.6 Å². The van der Waals surface area contributed by atoms with Gasteiger partial charge in [0.2, 0.25) is 5.91 Å². The van der Waals surface area contributed by atoms with Gasteiger partial charge in [-0.25, -0.2) is 0 Å². The third kappa shape index (κ3) is 6.89. The monoisotopic (exact) mass is 262 g/mol. The highest BCUT2D eigenvalue weighted by molar-refractivity contribution is 5.85. The minimum absolute atomic E-state index is 0. The second-order valence-corrected chi connectivity index (χ2v) is 6.42. The fourth-order valence-electron chi connectivity index (χ4n) is 1.99. The van der Waals surface area contributed by atoms with Gasteiger partial charge in [-0.05, 0) is 44.7 Å². The minimum Gasteiger partial charge on any atom is -0.351 e. The summed E-state index contributed by atoms with van der Waals surface area (Å²) in [4.78, 5) is 11.8. The second-order valence-electron chi connectivity index (χ2n) is 6.42. The third-order valence-corrected chi connectivity index (χ3v) is 3.25. The number of nitrogens with one attached hydrogen (secondary N) is 2. The molecule has 0 saturated carbocycles. The van der Waals surface area contributed by atoms with Gasteiger partial charge in [0, 0.05) is 12.0 Å². The molecule has 102 valence electrons. The summed E-state index contributed by atoms with van der Waals surface area (Å²) in [5.41, 5.74) is 0.257. The van der Waals surface area contributed by atoms with E-state index in [0.717, 1.165) is 32.4 Å². The van der Waals surface area contributed by atoms with E-state index in [0.29, 0.717) is 6.42 Å². The van der Waals surface area contributed by atoms with E-state index in [1.807, 2.05) is 0 Å². The van der Waals surface area contributed by atoms with Gasteiger partial charge in [-0.2, -0.15) is 0 Å². The van der Waals surface area contributed by atoms with Gasteiger partial charge in [0.1, 0.15) is 0 Å². The molecular formula is C13H27ClN2O. The van der Waals surface area contributed by atoms with Crippen molar-refractivity contribution in [3.63, 3.8) is 0 Å². The van der Waals surface area contributed by atoms with E-state index in [1.165, 1.54) is 0 Å². The SMILES string of the molecule is CC(C)(C)CCC(=O)NC1(C)CCNCC1.Cl. The Hall–Kier alpha value is -0.280. The van der Waals surface area contributed by atoms with Gasteiger partial charge in [0.25, 0.3) is 0 Å². The lowest BCUT2D eigenvalue weighted by molar-refractivity contribution is -0.123. The molecule has 0 aliphatic carbocycles. The number of carbonyl (C=O) groups is 1. The summed E-state index contributed by atoms with van der Waals surface area (Å²) in [6.45, 7) is 10.7. The predicted molar refractivity (Wildman–Crippen MR) is 74.6 cm³/mol. The van der Waals surface area contributed by atoms with Gasteiger partial charge in [-0.3, -0.25) is 4.79 Å². The van der Waals surface area contributed by atoms with Crippen molar-refractivity contribution < 1.29 is 4.79 Å². The highest BCUT2D eigenvalue weighted by atomic mass is 35.5. The van der Waals surface area contributed by atoms with Crippen molar-refractivity contribution in [2.45, 2.75) is 58.9 Å². The zero-order chi connectivity index (χ0) is 12.2. The maximum absolute atomic E-state index is 11.8. The summed E-state index contributed by atoms with van der Waals surface area (Å²) in [6.07, 6.45) is 3.67. The first-order valence-corrected chi connectivity index (χ1v) is 6.33. The molecule has 0 unspecified atom stereocenters. The van der Waals surface area contributed by atoms with Crippen LogP contribution in [0.4, 0.5) is 0 Å². The molecule has 17 heavy (non-hydrogen) atoms. The number of amides is 1. The lowest BCUT2D eigenvalue weighted by Crippen LogP contribution is -2.52. The maximum atomic E-state index is 11.8. The second kappa shape index (κ2) is 6.60. The minimum atomic E-state index is 0. The van der Waals surface area contributed by atoms with Crippen LogP contribution in [0.25, 0.3) is 0 Å². The standard InChI is InChI=1S/C13H26N2O.ClH/c1-12(2,3)6-5-11(16)15-13(4)7-9-14-10-8-13;/h14H,5-10H2,1-4H3,(H,15,16);1H. The zero-order valence-corrected chi connectivity index (χ0v) is 12.4. The Kier molecular flexibility index (Phi) is 6.49. The molecule has 1 rings (SSSR count). The van der Waals surface area contributed by atoms with Crippen LogP contribution in [0, 0.1) is 5.41 Å². The normalized spacial score (nSPS) is 19.3. The number of carbonyl (C=O) groups excluding carboxylic acids is 1. The number of piperidine rings is 1. The van der Waals surface area contributed by atoms with Gasteiger partial charge in [0.05, 0.1) is 0 Å². The molecule has 1 fully saturated rings. The summed E-state index contributed by atoms with van der Waals surface area (Å²) in [5, 5.41) is 6.51. The smallest absolute Gasteiger partial charge is 0.220 e. The molecule has 0 aromatic carbocycles. The van der Waals surface area contributed by atoms with Crippen molar-refractivity contribution in [3.8, 4) is 0 Å². The van der Waals surface area contributed by atoms with Crippen molar-refractivity contribution in [1.82, 2.24) is 10.6 Å². The summed E-state index contributed by atoms with van der Waals surface area (Å²) in [5.74, 6) is 0.208. The number of hydrogen-bond donors (Lipinski definition) is 2. The topological polar surface area (TPSA) is 41.1 Å². The van der Waals surface area contributed by atoms with Crippen LogP contribution in [0.3, 0.4) is 0 Å². The van der Waals surface area contributed by atoms with Crippen molar-refractivity contribution in [3.05, 3.63) is 0 Å². The van der Waals surface area contributed by atoms with Gasteiger partial charge in [-0.1, -0.05) is 20.8 Å². The van der Waals surface area contributed by atoms with E-state index >= 15 is 0 Å². The van der Waals surface area contributed by atoms with Crippen LogP contribution in [0.2, 0.25) is 0 Å². The third-order valence-electron chi connectivity index (χ3n) is 3.25. The largest absolute Gasteiger partial charge is 0.351 e.